The monoisotopic (exact) mass is 339 g/mol. The van der Waals surface area contributed by atoms with Crippen molar-refractivity contribution < 1.29 is 9.59 Å². The van der Waals surface area contributed by atoms with Crippen LogP contribution in [-0.2, 0) is 11.8 Å². The first-order valence-electron chi connectivity index (χ1n) is 8.56. The van der Waals surface area contributed by atoms with Crippen molar-refractivity contribution in [1.82, 2.24) is 25.0 Å². The van der Waals surface area contributed by atoms with Crippen molar-refractivity contribution in [1.29, 1.82) is 0 Å². The van der Waals surface area contributed by atoms with Crippen LogP contribution >= 0.6 is 0 Å². The zero-order valence-corrected chi connectivity index (χ0v) is 14.2. The Morgan fingerprint density at radius 1 is 1.28 bits per heavy atom. The summed E-state index contributed by atoms with van der Waals surface area (Å²) in [6.07, 6.45) is 9.11. The van der Waals surface area contributed by atoms with Gasteiger partial charge in [0.25, 0.3) is 5.91 Å². The van der Waals surface area contributed by atoms with Gasteiger partial charge in [0.1, 0.15) is 0 Å². The quantitative estimate of drug-likeness (QED) is 0.888. The number of aromatic nitrogens is 3. The molecule has 4 rings (SSSR count). The molecule has 0 saturated carbocycles. The van der Waals surface area contributed by atoms with Gasteiger partial charge in [-0.15, -0.1) is 0 Å². The van der Waals surface area contributed by atoms with Gasteiger partial charge in [0.05, 0.1) is 11.7 Å². The second-order valence-corrected chi connectivity index (χ2v) is 6.94. The van der Waals surface area contributed by atoms with E-state index < -0.39 is 0 Å². The maximum atomic E-state index is 12.6. The first-order valence-corrected chi connectivity index (χ1v) is 8.56. The average molecular weight is 339 g/mol. The van der Waals surface area contributed by atoms with Crippen molar-refractivity contribution >= 4 is 11.8 Å². The Morgan fingerprint density at radius 2 is 2.00 bits per heavy atom. The highest BCUT2D eigenvalue weighted by atomic mass is 16.2. The van der Waals surface area contributed by atoms with Crippen LogP contribution in [0, 0.1) is 0 Å². The highest BCUT2D eigenvalue weighted by Crippen LogP contribution is 2.43. The summed E-state index contributed by atoms with van der Waals surface area (Å²) < 4.78 is 1.77. The molecule has 0 bridgehead atoms. The highest BCUT2D eigenvalue weighted by Gasteiger charge is 2.49. The summed E-state index contributed by atoms with van der Waals surface area (Å²) in [6.45, 7) is 1.27. The van der Waals surface area contributed by atoms with Crippen LogP contribution in [0.25, 0.3) is 0 Å². The second kappa shape index (κ2) is 5.98. The van der Waals surface area contributed by atoms with E-state index in [1.54, 1.807) is 29.2 Å². The Hall–Kier alpha value is -2.70. The molecule has 4 heterocycles. The van der Waals surface area contributed by atoms with Gasteiger partial charge in [-0.25, -0.2) is 0 Å². The molecule has 2 aliphatic heterocycles. The summed E-state index contributed by atoms with van der Waals surface area (Å²) >= 11 is 0. The zero-order chi connectivity index (χ0) is 17.4. The summed E-state index contributed by atoms with van der Waals surface area (Å²) in [5.74, 6) is 0.231. The largest absolute Gasteiger partial charge is 0.350 e. The maximum Gasteiger partial charge on any atom is 0.253 e. The van der Waals surface area contributed by atoms with Gasteiger partial charge in [-0.05, 0) is 30.5 Å². The number of carbonyl (C=O) groups is 2. The molecule has 1 atom stereocenters. The Balaban J connectivity index is 1.51. The fourth-order valence-electron chi connectivity index (χ4n) is 4.11. The molecule has 2 aromatic heterocycles. The molecule has 2 saturated heterocycles. The van der Waals surface area contributed by atoms with Crippen molar-refractivity contribution in [3.63, 3.8) is 0 Å². The SMILES string of the molecule is Cn1cc(C2CC(=O)NC23CCN(C(=O)c2ccncc2)CC3)cn1. The van der Waals surface area contributed by atoms with Gasteiger partial charge in [-0.1, -0.05) is 0 Å². The topological polar surface area (TPSA) is 80.1 Å². The summed E-state index contributed by atoms with van der Waals surface area (Å²) in [7, 11) is 1.89. The van der Waals surface area contributed by atoms with Gasteiger partial charge in [-0.3, -0.25) is 19.3 Å². The smallest absolute Gasteiger partial charge is 0.253 e. The third kappa shape index (κ3) is 2.79. The normalized spacial score (nSPS) is 22.2. The maximum absolute atomic E-state index is 12.6. The lowest BCUT2D eigenvalue weighted by Gasteiger charge is -2.42. The molecule has 1 unspecified atom stereocenters. The van der Waals surface area contributed by atoms with E-state index in [-0.39, 0.29) is 23.3 Å². The van der Waals surface area contributed by atoms with Crippen LogP contribution in [0.1, 0.15) is 41.1 Å². The number of piperidine rings is 1. The molecule has 2 fully saturated rings. The molecule has 0 aliphatic carbocycles. The number of hydrogen-bond acceptors (Lipinski definition) is 4. The molecule has 1 spiro atoms. The van der Waals surface area contributed by atoms with E-state index in [0.29, 0.717) is 25.1 Å². The van der Waals surface area contributed by atoms with Crippen LogP contribution < -0.4 is 5.32 Å². The molecule has 0 aromatic carbocycles. The molecular formula is C18H21N5O2. The average Bonchev–Trinajstić information content (AvgIpc) is 3.19. The minimum Gasteiger partial charge on any atom is -0.350 e. The number of rotatable bonds is 2. The van der Waals surface area contributed by atoms with Gasteiger partial charge in [0.15, 0.2) is 0 Å². The highest BCUT2D eigenvalue weighted by molar-refractivity contribution is 5.94. The van der Waals surface area contributed by atoms with Gasteiger partial charge in [-0.2, -0.15) is 5.10 Å². The third-order valence-electron chi connectivity index (χ3n) is 5.44. The molecule has 2 aromatic rings. The molecule has 2 amide bonds. The van der Waals surface area contributed by atoms with Crippen LogP contribution in [0.3, 0.4) is 0 Å². The molecular weight excluding hydrogens is 318 g/mol. The van der Waals surface area contributed by atoms with E-state index in [0.717, 1.165) is 18.4 Å². The lowest BCUT2D eigenvalue weighted by Crippen LogP contribution is -2.54. The second-order valence-electron chi connectivity index (χ2n) is 6.94. The number of nitrogens with zero attached hydrogens (tertiary/aromatic N) is 4. The van der Waals surface area contributed by atoms with Crippen molar-refractivity contribution in [2.24, 2.45) is 7.05 Å². The molecule has 130 valence electrons. The van der Waals surface area contributed by atoms with E-state index in [4.69, 9.17) is 0 Å². The number of pyridine rings is 1. The number of likely N-dealkylation sites (tertiary alicyclic amines) is 1. The van der Waals surface area contributed by atoms with Gasteiger partial charge < -0.3 is 10.2 Å². The van der Waals surface area contributed by atoms with Crippen LogP contribution in [0.15, 0.2) is 36.9 Å². The van der Waals surface area contributed by atoms with Crippen LogP contribution in [0.5, 0.6) is 0 Å². The lowest BCUT2D eigenvalue weighted by molar-refractivity contribution is -0.120. The number of carbonyl (C=O) groups excluding carboxylic acids is 2. The molecule has 0 radical (unpaired) electrons. The number of aryl methyl sites for hydroxylation is 1. The van der Waals surface area contributed by atoms with E-state index in [2.05, 4.69) is 15.4 Å². The molecule has 25 heavy (non-hydrogen) atoms. The molecule has 2 aliphatic rings. The summed E-state index contributed by atoms with van der Waals surface area (Å²) in [5, 5.41) is 7.46. The Morgan fingerprint density at radius 3 is 2.64 bits per heavy atom. The van der Waals surface area contributed by atoms with E-state index in [1.807, 2.05) is 24.3 Å². The summed E-state index contributed by atoms with van der Waals surface area (Å²) in [4.78, 5) is 30.6. The first-order chi connectivity index (χ1) is 12.1. The van der Waals surface area contributed by atoms with E-state index in [1.165, 1.54) is 0 Å². The van der Waals surface area contributed by atoms with Crippen molar-refractivity contribution in [2.75, 3.05) is 13.1 Å². The molecule has 1 N–H and O–H groups in total. The number of hydrogen-bond donors (Lipinski definition) is 1. The minimum absolute atomic E-state index is 0.0273. The van der Waals surface area contributed by atoms with Crippen LogP contribution in [-0.4, -0.2) is 50.1 Å². The summed E-state index contributed by atoms with van der Waals surface area (Å²) in [6, 6.07) is 3.48. The van der Waals surface area contributed by atoms with Crippen molar-refractivity contribution in [3.8, 4) is 0 Å². The Kier molecular flexibility index (Phi) is 3.78. The predicted molar refractivity (Wildman–Crippen MR) is 90.8 cm³/mol. The Bertz CT molecular complexity index is 793. The number of amides is 2. The predicted octanol–water partition coefficient (Wildman–Crippen LogP) is 1.09. The van der Waals surface area contributed by atoms with Gasteiger partial charge >= 0.3 is 0 Å². The summed E-state index contributed by atoms with van der Waals surface area (Å²) in [5.41, 5.74) is 1.48. The third-order valence-corrected chi connectivity index (χ3v) is 5.44. The number of nitrogens with one attached hydrogen (secondary N) is 1. The lowest BCUT2D eigenvalue weighted by atomic mass is 9.75. The van der Waals surface area contributed by atoms with Crippen molar-refractivity contribution in [2.45, 2.75) is 30.7 Å². The van der Waals surface area contributed by atoms with Gasteiger partial charge in [0, 0.05) is 56.6 Å². The van der Waals surface area contributed by atoms with Gasteiger partial charge in [0.2, 0.25) is 5.91 Å². The van der Waals surface area contributed by atoms with E-state index >= 15 is 0 Å². The van der Waals surface area contributed by atoms with Crippen LogP contribution in [0.4, 0.5) is 0 Å². The van der Waals surface area contributed by atoms with Crippen molar-refractivity contribution in [3.05, 3.63) is 48.0 Å². The minimum atomic E-state index is -0.269. The fraction of sp³-hybridized carbons (Fsp3) is 0.444. The van der Waals surface area contributed by atoms with Crippen LogP contribution in [0.2, 0.25) is 0 Å². The standard InChI is InChI=1S/C18H21N5O2/c1-22-12-14(11-20-22)15-10-16(24)21-18(15)4-8-23(9-5-18)17(25)13-2-6-19-7-3-13/h2-3,6-7,11-12,15H,4-5,8-10H2,1H3,(H,21,24). The first kappa shape index (κ1) is 15.8. The fourth-order valence-corrected chi connectivity index (χ4v) is 4.11. The molecule has 7 nitrogen and oxygen atoms in total. The Labute approximate surface area is 146 Å². The van der Waals surface area contributed by atoms with E-state index in [9.17, 15) is 9.59 Å². The zero-order valence-electron chi connectivity index (χ0n) is 14.2. The molecule has 7 heteroatoms.